The number of nitrogens with one attached hydrogen (secondary N) is 1. The second-order valence-electron chi connectivity index (χ2n) is 4.41. The van der Waals surface area contributed by atoms with Crippen LogP contribution in [0.2, 0.25) is 0 Å². The highest BCUT2D eigenvalue weighted by Gasteiger charge is 2.14. The van der Waals surface area contributed by atoms with Gasteiger partial charge in [-0.2, -0.15) is 0 Å². The molecular weight excluding hydrogens is 184 g/mol. The molecule has 80 valence electrons. The summed E-state index contributed by atoms with van der Waals surface area (Å²) in [4.78, 5) is 3.45. The van der Waals surface area contributed by atoms with Crippen molar-refractivity contribution < 1.29 is 0 Å². The molecule has 0 aliphatic carbocycles. The number of fused-ring (bicyclic) bond motifs is 1. The van der Waals surface area contributed by atoms with E-state index in [9.17, 15) is 0 Å². The first-order valence-electron chi connectivity index (χ1n) is 5.29. The van der Waals surface area contributed by atoms with Gasteiger partial charge in [-0.3, -0.25) is 0 Å². The predicted octanol–water partition coefficient (Wildman–Crippen LogP) is 3.29. The number of hydrogen-bond acceptors (Lipinski definition) is 1. The fourth-order valence-electron chi connectivity index (χ4n) is 2.27. The van der Waals surface area contributed by atoms with Crippen LogP contribution in [0.3, 0.4) is 0 Å². The van der Waals surface area contributed by atoms with E-state index in [4.69, 9.17) is 5.73 Å². The second-order valence-corrected chi connectivity index (χ2v) is 4.41. The van der Waals surface area contributed by atoms with Crippen molar-refractivity contribution in [3.63, 3.8) is 0 Å². The van der Waals surface area contributed by atoms with Crippen LogP contribution in [-0.4, -0.2) is 4.98 Å². The van der Waals surface area contributed by atoms with Crippen molar-refractivity contribution in [3.8, 4) is 0 Å². The Bertz CT molecular complexity index is 548. The lowest BCUT2D eigenvalue weighted by Crippen LogP contribution is -1.97. The second kappa shape index (κ2) is 3.02. The van der Waals surface area contributed by atoms with Crippen LogP contribution in [-0.2, 0) is 0 Å². The minimum atomic E-state index is 0.933. The van der Waals surface area contributed by atoms with Gasteiger partial charge in [0.05, 0.1) is 0 Å². The molecule has 0 spiro atoms. The molecule has 0 saturated heterocycles. The summed E-state index contributed by atoms with van der Waals surface area (Å²) in [5, 5.41) is 1.30. The summed E-state index contributed by atoms with van der Waals surface area (Å²) >= 11 is 0. The Hall–Kier alpha value is -1.44. The van der Waals surface area contributed by atoms with Crippen molar-refractivity contribution in [2.24, 2.45) is 0 Å². The molecule has 0 unspecified atom stereocenters. The van der Waals surface area contributed by atoms with Gasteiger partial charge in [-0.15, -0.1) is 0 Å². The number of aryl methyl sites for hydroxylation is 4. The van der Waals surface area contributed by atoms with Gasteiger partial charge in [0.1, 0.15) is 0 Å². The van der Waals surface area contributed by atoms with Gasteiger partial charge in [0.25, 0.3) is 0 Å². The molecule has 1 aromatic carbocycles. The summed E-state index contributed by atoms with van der Waals surface area (Å²) in [7, 11) is 0. The third-order valence-electron chi connectivity index (χ3n) is 3.62. The van der Waals surface area contributed by atoms with Gasteiger partial charge in [-0.25, -0.2) is 0 Å². The molecule has 2 aromatic rings. The Balaban J connectivity index is 3.07. The molecular formula is C13H18N2. The molecule has 0 atom stereocenters. The number of rotatable bonds is 0. The molecule has 0 saturated carbocycles. The van der Waals surface area contributed by atoms with Gasteiger partial charge >= 0.3 is 0 Å². The zero-order chi connectivity index (χ0) is 11.3. The Morgan fingerprint density at radius 1 is 0.800 bits per heavy atom. The topological polar surface area (TPSA) is 41.8 Å². The minimum Gasteiger partial charge on any atom is -0.398 e. The number of anilines is 1. The van der Waals surface area contributed by atoms with Crippen LogP contribution in [0.25, 0.3) is 10.9 Å². The van der Waals surface area contributed by atoms with E-state index in [1.807, 2.05) is 0 Å². The normalized spacial score (nSPS) is 11.3. The molecule has 0 fully saturated rings. The quantitative estimate of drug-likeness (QED) is 0.632. The molecule has 15 heavy (non-hydrogen) atoms. The fourth-order valence-corrected chi connectivity index (χ4v) is 2.27. The minimum absolute atomic E-state index is 0.933. The third kappa shape index (κ3) is 1.17. The van der Waals surface area contributed by atoms with E-state index in [2.05, 4.69) is 39.6 Å². The van der Waals surface area contributed by atoms with Crippen molar-refractivity contribution in [1.29, 1.82) is 0 Å². The van der Waals surface area contributed by atoms with Crippen LogP contribution in [0.15, 0.2) is 0 Å². The number of hydrogen-bond donors (Lipinski definition) is 2. The van der Waals surface area contributed by atoms with Crippen molar-refractivity contribution in [2.75, 3.05) is 5.73 Å². The largest absolute Gasteiger partial charge is 0.398 e. The van der Waals surface area contributed by atoms with Crippen molar-refractivity contribution >= 4 is 16.6 Å². The maximum Gasteiger partial charge on any atom is 0.0495 e. The van der Waals surface area contributed by atoms with Crippen molar-refractivity contribution in [3.05, 3.63) is 27.9 Å². The maximum absolute atomic E-state index is 6.11. The standard InChI is InChI=1S/C13H18N2/c1-6-7(2)13-11(9(4)12(6)14)8(3)10(5)15-13/h15H,14H2,1-5H3. The van der Waals surface area contributed by atoms with Gasteiger partial charge in [0.15, 0.2) is 0 Å². The average molecular weight is 202 g/mol. The van der Waals surface area contributed by atoms with E-state index in [1.54, 1.807) is 0 Å². The predicted molar refractivity (Wildman–Crippen MR) is 66.4 cm³/mol. The summed E-state index contributed by atoms with van der Waals surface area (Å²) in [5.41, 5.74) is 14.5. The van der Waals surface area contributed by atoms with Crippen LogP contribution < -0.4 is 5.73 Å². The molecule has 1 heterocycles. The SMILES string of the molecule is Cc1[nH]c2c(C)c(C)c(N)c(C)c2c1C. The third-order valence-corrected chi connectivity index (χ3v) is 3.62. The van der Waals surface area contributed by atoms with E-state index >= 15 is 0 Å². The summed E-state index contributed by atoms with van der Waals surface area (Å²) in [5.74, 6) is 0. The van der Waals surface area contributed by atoms with Gasteiger partial charge < -0.3 is 10.7 Å². The zero-order valence-corrected chi connectivity index (χ0v) is 10.1. The van der Waals surface area contributed by atoms with E-state index in [0.717, 1.165) is 5.69 Å². The van der Waals surface area contributed by atoms with Crippen molar-refractivity contribution in [2.45, 2.75) is 34.6 Å². The highest BCUT2D eigenvalue weighted by atomic mass is 14.7. The molecule has 2 rings (SSSR count). The lowest BCUT2D eigenvalue weighted by Gasteiger charge is -2.10. The average Bonchev–Trinajstić information content (AvgIpc) is 2.50. The molecule has 0 amide bonds. The number of aromatic amines is 1. The van der Waals surface area contributed by atoms with Crippen LogP contribution in [0, 0.1) is 34.6 Å². The highest BCUT2D eigenvalue weighted by Crippen LogP contribution is 2.33. The van der Waals surface area contributed by atoms with Crippen molar-refractivity contribution in [1.82, 2.24) is 4.98 Å². The Kier molecular flexibility index (Phi) is 2.03. The molecule has 0 aliphatic heterocycles. The van der Waals surface area contributed by atoms with Gasteiger partial charge in [0, 0.05) is 22.3 Å². The van der Waals surface area contributed by atoms with Crippen LogP contribution in [0.4, 0.5) is 5.69 Å². The van der Waals surface area contributed by atoms with Gasteiger partial charge in [-0.1, -0.05) is 0 Å². The number of nitrogens with two attached hydrogens (primary N) is 1. The Morgan fingerprint density at radius 2 is 1.40 bits per heavy atom. The molecule has 0 bridgehead atoms. The molecule has 1 aromatic heterocycles. The molecule has 0 aliphatic rings. The van der Waals surface area contributed by atoms with E-state index in [0.29, 0.717) is 0 Å². The lowest BCUT2D eigenvalue weighted by atomic mass is 9.97. The van der Waals surface area contributed by atoms with Crippen LogP contribution >= 0.6 is 0 Å². The first-order chi connectivity index (χ1) is 6.95. The monoisotopic (exact) mass is 202 g/mol. The maximum atomic E-state index is 6.11. The molecule has 2 nitrogen and oxygen atoms in total. The van der Waals surface area contributed by atoms with E-state index in [1.165, 1.54) is 38.9 Å². The molecule has 3 N–H and O–H groups in total. The highest BCUT2D eigenvalue weighted by molar-refractivity contribution is 5.95. The Labute approximate surface area is 90.5 Å². The van der Waals surface area contributed by atoms with Gasteiger partial charge in [0.2, 0.25) is 0 Å². The summed E-state index contributed by atoms with van der Waals surface area (Å²) < 4.78 is 0. The smallest absolute Gasteiger partial charge is 0.0495 e. The zero-order valence-electron chi connectivity index (χ0n) is 10.1. The van der Waals surface area contributed by atoms with E-state index in [-0.39, 0.29) is 0 Å². The summed E-state index contributed by atoms with van der Waals surface area (Å²) in [6.07, 6.45) is 0. The van der Waals surface area contributed by atoms with Gasteiger partial charge in [-0.05, 0) is 56.9 Å². The number of nitrogen functional groups attached to an aromatic ring is 1. The number of aromatic nitrogens is 1. The van der Waals surface area contributed by atoms with Crippen LogP contribution in [0.1, 0.15) is 27.9 Å². The summed E-state index contributed by atoms with van der Waals surface area (Å²) in [6.45, 7) is 10.6. The Morgan fingerprint density at radius 3 is 2.00 bits per heavy atom. The first kappa shape index (κ1) is 10.1. The van der Waals surface area contributed by atoms with E-state index < -0.39 is 0 Å². The molecule has 0 radical (unpaired) electrons. The first-order valence-corrected chi connectivity index (χ1v) is 5.29. The summed E-state index contributed by atoms with van der Waals surface area (Å²) in [6, 6.07) is 0. The van der Waals surface area contributed by atoms with Crippen LogP contribution in [0.5, 0.6) is 0 Å². The number of benzene rings is 1. The lowest BCUT2D eigenvalue weighted by molar-refractivity contribution is 1.24. The number of H-pyrrole nitrogens is 1. The molecule has 2 heteroatoms. The fraction of sp³-hybridized carbons (Fsp3) is 0.385.